The Morgan fingerprint density at radius 2 is 1.84 bits per heavy atom. The first-order chi connectivity index (χ1) is 15.2. The summed E-state index contributed by atoms with van der Waals surface area (Å²) in [5, 5.41) is 3.59. The van der Waals surface area contributed by atoms with Crippen LogP contribution in [-0.4, -0.2) is 50.1 Å². The van der Waals surface area contributed by atoms with Crippen LogP contribution in [0.5, 0.6) is 5.75 Å². The number of rotatable bonds is 11. The molecule has 1 saturated heterocycles. The highest BCUT2D eigenvalue weighted by atomic mass is 16.5. The van der Waals surface area contributed by atoms with E-state index in [2.05, 4.69) is 34.5 Å². The fourth-order valence-electron chi connectivity index (χ4n) is 4.33. The fourth-order valence-corrected chi connectivity index (χ4v) is 4.33. The number of ether oxygens (including phenoxy) is 1. The van der Waals surface area contributed by atoms with Crippen LogP contribution in [-0.2, 0) is 0 Å². The number of unbranched alkanes of at least 4 members (excludes halogenated alkanes) is 1. The summed E-state index contributed by atoms with van der Waals surface area (Å²) in [5.74, 6) is 0.944. The van der Waals surface area contributed by atoms with Gasteiger partial charge in [0.25, 0.3) is 5.91 Å². The molecule has 0 aromatic heterocycles. The van der Waals surface area contributed by atoms with E-state index in [0.717, 1.165) is 48.7 Å². The molecule has 1 amide bonds. The zero-order chi connectivity index (χ0) is 22.1. The summed E-state index contributed by atoms with van der Waals surface area (Å²) in [6.45, 7) is 7.58. The van der Waals surface area contributed by atoms with Gasteiger partial charge in [0.1, 0.15) is 5.75 Å². The van der Waals surface area contributed by atoms with Crippen molar-refractivity contribution in [1.29, 1.82) is 0 Å². The lowest BCUT2D eigenvalue weighted by Crippen LogP contribution is -2.30. The Bertz CT molecular complexity index is 812. The highest BCUT2D eigenvalue weighted by Crippen LogP contribution is 2.29. The van der Waals surface area contributed by atoms with Gasteiger partial charge in [0.2, 0.25) is 0 Å². The molecule has 2 aromatic rings. The van der Waals surface area contributed by atoms with Crippen molar-refractivity contribution in [2.75, 3.05) is 38.2 Å². The number of carbonyl (C=O) groups excluding carboxylic acids is 1. The molecule has 0 saturated carbocycles. The summed E-state index contributed by atoms with van der Waals surface area (Å²) in [7, 11) is 1.70. The third-order valence-corrected chi connectivity index (χ3v) is 6.19. The number of methoxy groups -OCH3 is 1. The van der Waals surface area contributed by atoms with Gasteiger partial charge >= 0.3 is 0 Å². The van der Waals surface area contributed by atoms with Crippen molar-refractivity contribution >= 4 is 17.3 Å². The Balaban J connectivity index is 1.73. The molecule has 3 rings (SSSR count). The molecule has 1 aliphatic heterocycles. The first kappa shape index (κ1) is 23.1. The Morgan fingerprint density at radius 3 is 2.48 bits per heavy atom. The second-order valence-corrected chi connectivity index (χ2v) is 8.17. The third kappa shape index (κ3) is 6.23. The second-order valence-electron chi connectivity index (χ2n) is 8.17. The molecule has 1 aliphatic rings. The molecule has 0 radical (unpaired) electrons. The van der Waals surface area contributed by atoms with E-state index in [9.17, 15) is 4.79 Å². The van der Waals surface area contributed by atoms with Crippen molar-refractivity contribution in [1.82, 2.24) is 10.2 Å². The molecule has 1 atom stereocenters. The van der Waals surface area contributed by atoms with Gasteiger partial charge in [-0.2, -0.15) is 0 Å². The number of hydrogen-bond acceptors (Lipinski definition) is 4. The zero-order valence-electron chi connectivity index (χ0n) is 19.3. The fraction of sp³-hybridized carbons (Fsp3) is 0.500. The SMILES string of the molecule is CCN(CC)C(=O)c1ccc(N(CCCCC2CCCN2)c2cccc(OC)c2)cc1. The largest absolute Gasteiger partial charge is 0.497 e. The molecular weight excluding hydrogens is 386 g/mol. The minimum Gasteiger partial charge on any atom is -0.497 e. The summed E-state index contributed by atoms with van der Waals surface area (Å²) in [6.07, 6.45) is 6.18. The van der Waals surface area contributed by atoms with Gasteiger partial charge in [-0.05, 0) is 82.5 Å². The third-order valence-electron chi connectivity index (χ3n) is 6.19. The molecule has 31 heavy (non-hydrogen) atoms. The Labute approximate surface area is 187 Å². The maximum atomic E-state index is 12.7. The maximum absolute atomic E-state index is 12.7. The predicted molar refractivity (Wildman–Crippen MR) is 129 cm³/mol. The van der Waals surface area contributed by atoms with E-state index >= 15 is 0 Å². The normalized spacial score (nSPS) is 15.6. The molecule has 1 N–H and O–H groups in total. The lowest BCUT2D eigenvalue weighted by Gasteiger charge is -2.26. The van der Waals surface area contributed by atoms with Gasteiger partial charge in [-0.1, -0.05) is 12.5 Å². The van der Waals surface area contributed by atoms with Gasteiger partial charge in [0.15, 0.2) is 0 Å². The highest BCUT2D eigenvalue weighted by Gasteiger charge is 2.16. The van der Waals surface area contributed by atoms with E-state index < -0.39 is 0 Å². The van der Waals surface area contributed by atoms with E-state index in [0.29, 0.717) is 6.04 Å². The topological polar surface area (TPSA) is 44.8 Å². The first-order valence-corrected chi connectivity index (χ1v) is 11.7. The maximum Gasteiger partial charge on any atom is 0.253 e. The second kappa shape index (κ2) is 11.8. The van der Waals surface area contributed by atoms with Crippen LogP contribution in [0, 0.1) is 0 Å². The molecule has 0 spiro atoms. The molecule has 1 fully saturated rings. The lowest BCUT2D eigenvalue weighted by molar-refractivity contribution is 0.0773. The molecule has 1 heterocycles. The van der Waals surface area contributed by atoms with Crippen molar-refractivity contribution in [3.63, 3.8) is 0 Å². The van der Waals surface area contributed by atoms with Crippen LogP contribution in [0.4, 0.5) is 11.4 Å². The van der Waals surface area contributed by atoms with Crippen molar-refractivity contribution in [2.24, 2.45) is 0 Å². The van der Waals surface area contributed by atoms with Gasteiger partial charge in [0, 0.05) is 48.7 Å². The number of nitrogens with zero attached hydrogens (tertiary/aromatic N) is 2. The van der Waals surface area contributed by atoms with Crippen molar-refractivity contribution in [3.8, 4) is 5.75 Å². The van der Waals surface area contributed by atoms with Crippen LogP contribution in [0.1, 0.15) is 56.3 Å². The number of carbonyl (C=O) groups is 1. The van der Waals surface area contributed by atoms with E-state index in [1.54, 1.807) is 7.11 Å². The van der Waals surface area contributed by atoms with Crippen LogP contribution in [0.3, 0.4) is 0 Å². The Kier molecular flexibility index (Phi) is 8.77. The summed E-state index contributed by atoms with van der Waals surface area (Å²) < 4.78 is 5.45. The van der Waals surface area contributed by atoms with Gasteiger partial charge in [-0.3, -0.25) is 4.79 Å². The Hall–Kier alpha value is -2.53. The van der Waals surface area contributed by atoms with Crippen LogP contribution >= 0.6 is 0 Å². The lowest BCUT2D eigenvalue weighted by atomic mass is 10.1. The highest BCUT2D eigenvalue weighted by molar-refractivity contribution is 5.94. The number of amides is 1. The summed E-state index contributed by atoms with van der Waals surface area (Å²) in [4.78, 5) is 16.9. The van der Waals surface area contributed by atoms with Crippen LogP contribution in [0.2, 0.25) is 0 Å². The molecule has 0 aliphatic carbocycles. The van der Waals surface area contributed by atoms with E-state index in [1.807, 2.05) is 43.0 Å². The standard InChI is InChI=1S/C26H37N3O2/c1-4-28(5-2)26(30)21-14-16-23(17-15-21)29(24-12-8-13-25(20-24)31-3)19-7-6-10-22-11-9-18-27-22/h8,12-17,20,22,27H,4-7,9-11,18-19H2,1-3H3. The van der Waals surface area contributed by atoms with Crippen LogP contribution in [0.15, 0.2) is 48.5 Å². The quantitative estimate of drug-likeness (QED) is 0.502. The summed E-state index contributed by atoms with van der Waals surface area (Å²) in [6, 6.07) is 16.9. The minimum absolute atomic E-state index is 0.0912. The van der Waals surface area contributed by atoms with Crippen molar-refractivity contribution in [3.05, 3.63) is 54.1 Å². The van der Waals surface area contributed by atoms with E-state index in [4.69, 9.17) is 4.74 Å². The predicted octanol–water partition coefficient (Wildman–Crippen LogP) is 5.24. The molecule has 1 unspecified atom stereocenters. The van der Waals surface area contributed by atoms with Crippen LogP contribution in [0.25, 0.3) is 0 Å². The van der Waals surface area contributed by atoms with E-state index in [-0.39, 0.29) is 5.91 Å². The van der Waals surface area contributed by atoms with Gasteiger partial charge < -0.3 is 19.9 Å². The zero-order valence-corrected chi connectivity index (χ0v) is 19.3. The van der Waals surface area contributed by atoms with Crippen molar-refractivity contribution < 1.29 is 9.53 Å². The first-order valence-electron chi connectivity index (χ1n) is 11.7. The molecule has 168 valence electrons. The average Bonchev–Trinajstić information content (AvgIpc) is 3.33. The molecule has 5 nitrogen and oxygen atoms in total. The Morgan fingerprint density at radius 1 is 1.06 bits per heavy atom. The number of hydrogen-bond donors (Lipinski definition) is 1. The molecular formula is C26H37N3O2. The smallest absolute Gasteiger partial charge is 0.253 e. The minimum atomic E-state index is 0.0912. The van der Waals surface area contributed by atoms with Gasteiger partial charge in [-0.15, -0.1) is 0 Å². The number of benzene rings is 2. The summed E-state index contributed by atoms with van der Waals surface area (Å²) >= 11 is 0. The van der Waals surface area contributed by atoms with E-state index in [1.165, 1.54) is 32.2 Å². The van der Waals surface area contributed by atoms with Crippen LogP contribution < -0.4 is 15.0 Å². The molecule has 5 heteroatoms. The summed E-state index contributed by atoms with van der Waals surface area (Å²) in [5.41, 5.74) is 2.95. The average molecular weight is 424 g/mol. The van der Waals surface area contributed by atoms with Gasteiger partial charge in [0.05, 0.1) is 7.11 Å². The van der Waals surface area contributed by atoms with Crippen molar-refractivity contribution in [2.45, 2.75) is 52.0 Å². The van der Waals surface area contributed by atoms with Gasteiger partial charge in [-0.25, -0.2) is 0 Å². The number of nitrogens with one attached hydrogen (secondary N) is 1. The molecule has 0 bridgehead atoms. The molecule has 2 aromatic carbocycles. The monoisotopic (exact) mass is 423 g/mol. The number of anilines is 2.